The van der Waals surface area contributed by atoms with Gasteiger partial charge < -0.3 is 0 Å². The van der Waals surface area contributed by atoms with Gasteiger partial charge >= 0.3 is 0 Å². The van der Waals surface area contributed by atoms with Gasteiger partial charge in [0.15, 0.2) is 5.69 Å². The Morgan fingerprint density at radius 1 is 0.828 bits per heavy atom. The summed E-state index contributed by atoms with van der Waals surface area (Å²) < 4.78 is 11.0. The van der Waals surface area contributed by atoms with Crippen LogP contribution in [0, 0.1) is 13.8 Å². The third kappa shape index (κ3) is 3.58. The topological polar surface area (TPSA) is 3.88 Å². The first-order chi connectivity index (χ1) is 14.2. The summed E-state index contributed by atoms with van der Waals surface area (Å²) >= 11 is 0. The maximum Gasteiger partial charge on any atom is 0.220 e. The highest BCUT2D eigenvalue weighted by Gasteiger charge is 2.22. The van der Waals surface area contributed by atoms with Gasteiger partial charge in [-0.05, 0) is 52.1 Å². The van der Waals surface area contributed by atoms with Crippen molar-refractivity contribution in [2.75, 3.05) is 0 Å². The van der Waals surface area contributed by atoms with E-state index < -0.39 is 0 Å². The van der Waals surface area contributed by atoms with Gasteiger partial charge in [-0.3, -0.25) is 0 Å². The van der Waals surface area contributed by atoms with E-state index in [1.165, 1.54) is 33.5 Å². The second-order valence-corrected chi connectivity index (χ2v) is 9.02. The number of pyridine rings is 1. The van der Waals surface area contributed by atoms with Crippen molar-refractivity contribution in [3.8, 4) is 22.4 Å². The molecule has 0 radical (unpaired) electrons. The molecule has 0 spiro atoms. The zero-order valence-electron chi connectivity index (χ0n) is 19.3. The van der Waals surface area contributed by atoms with E-state index in [1.54, 1.807) is 0 Å². The maximum absolute atomic E-state index is 8.80. The van der Waals surface area contributed by atoms with Crippen LogP contribution in [0.15, 0.2) is 72.8 Å². The molecule has 0 fully saturated rings. The van der Waals surface area contributed by atoms with Crippen LogP contribution in [0.3, 0.4) is 0 Å². The Morgan fingerprint density at radius 3 is 2.24 bits per heavy atom. The molecule has 0 saturated heterocycles. The van der Waals surface area contributed by atoms with Crippen LogP contribution in [0.4, 0.5) is 0 Å². The molecule has 0 aliphatic heterocycles. The van der Waals surface area contributed by atoms with Crippen molar-refractivity contribution in [3.63, 3.8) is 0 Å². The Balaban J connectivity index is 2.04. The van der Waals surface area contributed by atoms with Gasteiger partial charge in [0.25, 0.3) is 0 Å². The fraction of sp³-hybridized carbons (Fsp3) is 0.250. The van der Waals surface area contributed by atoms with Gasteiger partial charge in [0, 0.05) is 13.0 Å². The predicted octanol–water partition coefficient (Wildman–Crippen LogP) is 6.91. The molecule has 29 heavy (non-hydrogen) atoms. The van der Waals surface area contributed by atoms with Crippen LogP contribution in [-0.4, -0.2) is 0 Å². The first-order valence-corrected chi connectivity index (χ1v) is 10.3. The lowest BCUT2D eigenvalue weighted by atomic mass is 9.85. The van der Waals surface area contributed by atoms with E-state index in [0.717, 1.165) is 16.5 Å². The van der Waals surface area contributed by atoms with Gasteiger partial charge in [-0.15, -0.1) is 0 Å². The van der Waals surface area contributed by atoms with Crippen molar-refractivity contribution in [2.24, 2.45) is 7.05 Å². The number of fused-ring (bicyclic) bond motifs is 1. The van der Waals surface area contributed by atoms with Crippen LogP contribution >= 0.6 is 0 Å². The number of benzene rings is 3. The monoisotopic (exact) mass is 381 g/mol. The van der Waals surface area contributed by atoms with Crippen LogP contribution in [0.1, 0.15) is 39.0 Å². The molecular weight excluding hydrogens is 350 g/mol. The highest BCUT2D eigenvalue weighted by Crippen LogP contribution is 2.34. The maximum atomic E-state index is 8.80. The molecule has 0 bridgehead atoms. The van der Waals surface area contributed by atoms with E-state index in [1.807, 2.05) is 6.92 Å². The first-order valence-electron chi connectivity index (χ1n) is 10.8. The van der Waals surface area contributed by atoms with E-state index in [-0.39, 0.29) is 5.41 Å². The van der Waals surface area contributed by atoms with Crippen molar-refractivity contribution in [2.45, 2.75) is 40.0 Å². The molecule has 0 saturated carbocycles. The van der Waals surface area contributed by atoms with Gasteiger partial charge in [-0.2, -0.15) is 4.57 Å². The fourth-order valence-electron chi connectivity index (χ4n) is 3.96. The molecule has 4 rings (SSSR count). The van der Waals surface area contributed by atoms with E-state index in [2.05, 4.69) is 106 Å². The normalized spacial score (nSPS) is 12.3. The molecule has 0 aliphatic rings. The van der Waals surface area contributed by atoms with Crippen molar-refractivity contribution in [3.05, 3.63) is 89.6 Å². The molecule has 1 heterocycles. The summed E-state index contributed by atoms with van der Waals surface area (Å²) in [6.07, 6.45) is 0. The molecular formula is C28H30N+. The molecule has 1 heteroatoms. The third-order valence-corrected chi connectivity index (χ3v) is 5.89. The summed E-state index contributed by atoms with van der Waals surface area (Å²) in [5.74, 6) is 0. The zero-order chi connectivity index (χ0) is 21.6. The summed E-state index contributed by atoms with van der Waals surface area (Å²) in [4.78, 5) is 0. The van der Waals surface area contributed by atoms with E-state index in [9.17, 15) is 0 Å². The number of hydrogen-bond donors (Lipinski definition) is 0. The first kappa shape index (κ1) is 18.1. The Bertz CT molecular complexity index is 1250. The molecule has 0 amide bonds. The Labute approximate surface area is 176 Å². The smallest absolute Gasteiger partial charge is 0.198 e. The predicted molar refractivity (Wildman–Crippen MR) is 124 cm³/mol. The Kier molecular flexibility index (Phi) is 4.47. The summed E-state index contributed by atoms with van der Waals surface area (Å²) in [5.41, 5.74) is 8.35. The van der Waals surface area contributed by atoms with E-state index in [0.29, 0.717) is 6.04 Å². The quantitative estimate of drug-likeness (QED) is 0.332. The number of rotatable bonds is 2. The average molecular weight is 382 g/mol. The standard InChI is InChI=1S/C28H30N/c1-19-12-13-22(21-10-8-7-9-11-21)18-26(19)27-25-15-14-24(28(3,4)5)17-23(25)16-20(2)29(27)6/h7-18H,1-6H3/q+1/i16D. The average Bonchev–Trinajstić information content (AvgIpc) is 2.73. The minimum Gasteiger partial charge on any atom is -0.198 e. The van der Waals surface area contributed by atoms with E-state index >= 15 is 0 Å². The molecule has 4 aromatic rings. The summed E-state index contributed by atoms with van der Waals surface area (Å²) in [7, 11) is 2.08. The van der Waals surface area contributed by atoms with Crippen LogP contribution in [-0.2, 0) is 12.5 Å². The third-order valence-electron chi connectivity index (χ3n) is 5.89. The summed E-state index contributed by atoms with van der Waals surface area (Å²) in [6.45, 7) is 10.9. The lowest BCUT2D eigenvalue weighted by molar-refractivity contribution is -0.665. The van der Waals surface area contributed by atoms with Crippen molar-refractivity contribution < 1.29 is 5.94 Å². The van der Waals surface area contributed by atoms with Crippen molar-refractivity contribution in [1.29, 1.82) is 0 Å². The number of aromatic nitrogens is 1. The van der Waals surface area contributed by atoms with Gasteiger partial charge in [0.05, 0.1) is 12.3 Å². The lowest BCUT2D eigenvalue weighted by Gasteiger charge is -2.20. The number of hydrogen-bond acceptors (Lipinski definition) is 0. The van der Waals surface area contributed by atoms with Crippen molar-refractivity contribution in [1.82, 2.24) is 0 Å². The minimum absolute atomic E-state index is 0.0515. The fourth-order valence-corrected chi connectivity index (χ4v) is 3.96. The molecule has 3 aromatic carbocycles. The highest BCUT2D eigenvalue weighted by atomic mass is 14.9. The van der Waals surface area contributed by atoms with Gasteiger partial charge in [0.2, 0.25) is 5.69 Å². The molecule has 0 N–H and O–H groups in total. The SMILES string of the molecule is [2H]c1c(C)[n+](C)c(-c2cc(-c3ccccc3)ccc2C)c2ccc(C(C)(C)C)cc12. The molecule has 1 aromatic heterocycles. The van der Waals surface area contributed by atoms with E-state index in [4.69, 9.17) is 1.37 Å². The number of aryl methyl sites for hydroxylation is 1. The highest BCUT2D eigenvalue weighted by molar-refractivity contribution is 5.95. The van der Waals surface area contributed by atoms with Gasteiger partial charge in [-0.25, -0.2) is 0 Å². The molecule has 0 unspecified atom stereocenters. The van der Waals surface area contributed by atoms with Crippen LogP contribution < -0.4 is 4.57 Å². The van der Waals surface area contributed by atoms with Gasteiger partial charge in [0.1, 0.15) is 7.05 Å². The van der Waals surface area contributed by atoms with Crippen LogP contribution in [0.2, 0.25) is 0 Å². The molecule has 0 aliphatic carbocycles. The van der Waals surface area contributed by atoms with Crippen LogP contribution in [0.5, 0.6) is 0 Å². The largest absolute Gasteiger partial charge is 0.220 e. The molecule has 1 nitrogen and oxygen atoms in total. The van der Waals surface area contributed by atoms with Gasteiger partial charge in [-0.1, -0.05) is 75.4 Å². The number of nitrogens with zero attached hydrogens (tertiary/aromatic N) is 1. The zero-order valence-corrected chi connectivity index (χ0v) is 18.3. The molecule has 146 valence electrons. The summed E-state index contributed by atoms with van der Waals surface area (Å²) in [6, 6.07) is 24.5. The Morgan fingerprint density at radius 2 is 1.55 bits per heavy atom. The summed E-state index contributed by atoms with van der Waals surface area (Å²) in [5, 5.41) is 2.16. The minimum atomic E-state index is 0.0515. The van der Waals surface area contributed by atoms with Crippen molar-refractivity contribution >= 4 is 10.8 Å². The molecule has 0 atom stereocenters. The lowest BCUT2D eigenvalue weighted by Crippen LogP contribution is -2.35. The van der Waals surface area contributed by atoms with Crippen LogP contribution in [0.25, 0.3) is 33.2 Å². The Hall–Kier alpha value is -2.93. The second kappa shape index (κ2) is 7.15. The second-order valence-electron chi connectivity index (χ2n) is 9.02.